The van der Waals surface area contributed by atoms with E-state index in [1.807, 2.05) is 0 Å². The van der Waals surface area contributed by atoms with Crippen molar-refractivity contribution in [3.63, 3.8) is 0 Å². The number of carbonyl (C=O) groups excluding carboxylic acids is 5. The molecule has 5 saturated carbocycles. The van der Waals surface area contributed by atoms with Crippen molar-refractivity contribution in [1.82, 2.24) is 0 Å². The number of rotatable bonds is 0. The van der Waals surface area contributed by atoms with Crippen molar-refractivity contribution in [3.8, 4) is 0 Å². The zero-order valence-electron chi connectivity index (χ0n) is 25.3. The van der Waals surface area contributed by atoms with E-state index in [2.05, 4.69) is 6.92 Å². The normalized spacial score (nSPS) is 27.0. The van der Waals surface area contributed by atoms with Crippen LogP contribution in [-0.4, -0.2) is 73.3 Å². The average molecular weight is 583 g/mol. The SMILES string of the molecule is CC1(O)CCC(=O)CC1.CC1CCC(=O)CC1.O=C1CCC(=O)CC1.O=C1CCC(O)CC1.OC1CCC(O)CC1. The van der Waals surface area contributed by atoms with Crippen LogP contribution in [0.1, 0.15) is 142 Å². The van der Waals surface area contributed by atoms with Gasteiger partial charge < -0.3 is 20.4 Å². The Morgan fingerprint density at radius 1 is 0.463 bits per heavy atom. The standard InChI is InChI=1S/C7H12O2.C7H12O.C6H12O2.C6H10O2.C6H8O2/c1-7(9)4-2-6(8)3-5-7;1-6-2-4-7(8)5-3-6;3*7-5-1-2-6(8)4-3-5/h9H,2-5H2,1H3;6H,2-5H2,1H3;5-8H,1-4H2;5,7H,1-4H2;1-4H2. The Labute approximate surface area is 245 Å². The van der Waals surface area contributed by atoms with Gasteiger partial charge in [0.05, 0.1) is 23.9 Å². The highest BCUT2D eigenvalue weighted by Crippen LogP contribution is 2.24. The maximum absolute atomic E-state index is 10.6. The Balaban J connectivity index is 0.000000256. The average Bonchev–Trinajstić information content (AvgIpc) is 2.94. The molecule has 0 radical (unpaired) electrons. The lowest BCUT2D eigenvalue weighted by Gasteiger charge is -2.26. The Morgan fingerprint density at radius 2 is 0.732 bits per heavy atom. The van der Waals surface area contributed by atoms with Gasteiger partial charge in [0.15, 0.2) is 0 Å². The summed E-state index contributed by atoms with van der Waals surface area (Å²) in [7, 11) is 0. The van der Waals surface area contributed by atoms with Crippen LogP contribution >= 0.6 is 0 Å². The molecule has 9 nitrogen and oxygen atoms in total. The van der Waals surface area contributed by atoms with Crippen molar-refractivity contribution in [2.45, 2.75) is 166 Å². The molecule has 5 rings (SSSR count). The van der Waals surface area contributed by atoms with Crippen LogP contribution in [0, 0.1) is 5.92 Å². The van der Waals surface area contributed by atoms with Gasteiger partial charge in [0.2, 0.25) is 0 Å². The molecule has 0 aromatic rings. The number of hydrogen-bond donors (Lipinski definition) is 4. The highest BCUT2D eigenvalue weighted by atomic mass is 16.3. The highest BCUT2D eigenvalue weighted by Gasteiger charge is 2.26. The lowest BCUT2D eigenvalue weighted by atomic mass is 9.86. The number of carbonyl (C=O) groups is 5. The van der Waals surface area contributed by atoms with Gasteiger partial charge in [0, 0.05) is 64.2 Å². The van der Waals surface area contributed by atoms with Gasteiger partial charge in [-0.2, -0.15) is 0 Å². The fourth-order valence-electron chi connectivity index (χ4n) is 4.94. The van der Waals surface area contributed by atoms with E-state index in [0.29, 0.717) is 94.4 Å². The van der Waals surface area contributed by atoms with Crippen LogP contribution in [0.4, 0.5) is 0 Å². The van der Waals surface area contributed by atoms with Crippen LogP contribution in [0.3, 0.4) is 0 Å². The third-order valence-corrected chi connectivity index (χ3v) is 8.26. The summed E-state index contributed by atoms with van der Waals surface area (Å²) >= 11 is 0. The third kappa shape index (κ3) is 19.9. The molecule has 0 saturated heterocycles. The van der Waals surface area contributed by atoms with E-state index >= 15 is 0 Å². The summed E-state index contributed by atoms with van der Waals surface area (Å²) in [6.45, 7) is 4.01. The molecular weight excluding hydrogens is 528 g/mol. The van der Waals surface area contributed by atoms with E-state index in [4.69, 9.17) is 15.3 Å². The van der Waals surface area contributed by atoms with Gasteiger partial charge in [-0.3, -0.25) is 24.0 Å². The number of aliphatic hydroxyl groups excluding tert-OH is 3. The quantitative estimate of drug-likeness (QED) is 0.329. The molecule has 0 heterocycles. The summed E-state index contributed by atoms with van der Waals surface area (Å²) in [6, 6.07) is 0. The molecule has 0 aliphatic heterocycles. The van der Waals surface area contributed by atoms with E-state index in [9.17, 15) is 29.1 Å². The zero-order valence-corrected chi connectivity index (χ0v) is 25.3. The van der Waals surface area contributed by atoms with Gasteiger partial charge >= 0.3 is 0 Å². The van der Waals surface area contributed by atoms with Crippen molar-refractivity contribution >= 4 is 28.9 Å². The Bertz CT molecular complexity index is 731. The van der Waals surface area contributed by atoms with Crippen LogP contribution < -0.4 is 0 Å². The fraction of sp³-hybridized carbons (Fsp3) is 0.844. The molecule has 0 unspecified atom stereocenters. The van der Waals surface area contributed by atoms with E-state index in [0.717, 1.165) is 57.3 Å². The Morgan fingerprint density at radius 3 is 1.02 bits per heavy atom. The van der Waals surface area contributed by atoms with Gasteiger partial charge in [0.25, 0.3) is 0 Å². The molecule has 0 aromatic heterocycles. The van der Waals surface area contributed by atoms with Crippen LogP contribution in [0.15, 0.2) is 0 Å². The first-order chi connectivity index (χ1) is 19.3. The van der Waals surface area contributed by atoms with E-state index in [1.165, 1.54) is 0 Å². The van der Waals surface area contributed by atoms with Crippen LogP contribution in [0.5, 0.6) is 0 Å². The van der Waals surface area contributed by atoms with Gasteiger partial charge in [-0.1, -0.05) is 6.92 Å². The lowest BCUT2D eigenvalue weighted by Crippen LogP contribution is -2.30. The number of ketones is 5. The second-order valence-electron chi connectivity index (χ2n) is 12.6. The van der Waals surface area contributed by atoms with Crippen molar-refractivity contribution in [3.05, 3.63) is 0 Å². The molecule has 5 fully saturated rings. The predicted octanol–water partition coefficient (Wildman–Crippen LogP) is 4.12. The van der Waals surface area contributed by atoms with Crippen molar-refractivity contribution in [2.24, 2.45) is 5.92 Å². The summed E-state index contributed by atoms with van der Waals surface area (Å²) in [6.07, 6.45) is 13.4. The maximum atomic E-state index is 10.6. The molecule has 0 atom stereocenters. The Hall–Kier alpha value is -1.81. The predicted molar refractivity (Wildman–Crippen MR) is 155 cm³/mol. The fourth-order valence-corrected chi connectivity index (χ4v) is 4.94. The highest BCUT2D eigenvalue weighted by molar-refractivity contribution is 5.92. The molecule has 0 amide bonds. The molecule has 9 heteroatoms. The summed E-state index contributed by atoms with van der Waals surface area (Å²) in [5.41, 5.74) is -0.562. The molecular formula is C32H54O9. The number of hydrogen-bond acceptors (Lipinski definition) is 9. The first-order valence-electron chi connectivity index (χ1n) is 15.6. The summed E-state index contributed by atoms with van der Waals surface area (Å²) in [5, 5.41) is 36.0. The third-order valence-electron chi connectivity index (χ3n) is 8.26. The molecule has 5 aliphatic rings. The monoisotopic (exact) mass is 582 g/mol. The van der Waals surface area contributed by atoms with Crippen LogP contribution in [0.2, 0.25) is 0 Å². The summed E-state index contributed by atoms with van der Waals surface area (Å²) in [5.74, 6) is 2.34. The van der Waals surface area contributed by atoms with E-state index < -0.39 is 5.60 Å². The molecule has 41 heavy (non-hydrogen) atoms. The molecule has 5 aliphatic carbocycles. The van der Waals surface area contributed by atoms with Gasteiger partial charge in [-0.25, -0.2) is 0 Å². The van der Waals surface area contributed by atoms with Crippen LogP contribution in [0.25, 0.3) is 0 Å². The minimum atomic E-state index is -0.562. The maximum Gasteiger partial charge on any atom is 0.133 e. The number of Topliss-reactive ketones (excluding diaryl/α,β-unsaturated/α-hetero) is 5. The molecule has 0 spiro atoms. The largest absolute Gasteiger partial charge is 0.393 e. The summed E-state index contributed by atoms with van der Waals surface area (Å²) < 4.78 is 0. The van der Waals surface area contributed by atoms with Crippen molar-refractivity contribution in [1.29, 1.82) is 0 Å². The Kier molecular flexibility index (Phi) is 18.3. The second-order valence-corrected chi connectivity index (χ2v) is 12.6. The van der Waals surface area contributed by atoms with Crippen molar-refractivity contribution in [2.75, 3.05) is 0 Å². The molecule has 0 aromatic carbocycles. The zero-order chi connectivity index (χ0) is 30.8. The molecule has 236 valence electrons. The molecule has 0 bridgehead atoms. The van der Waals surface area contributed by atoms with Gasteiger partial charge in [-0.15, -0.1) is 0 Å². The van der Waals surface area contributed by atoms with E-state index in [-0.39, 0.29) is 29.9 Å². The van der Waals surface area contributed by atoms with Gasteiger partial charge in [0.1, 0.15) is 28.9 Å². The smallest absolute Gasteiger partial charge is 0.133 e. The first kappa shape index (κ1) is 37.2. The van der Waals surface area contributed by atoms with Crippen LogP contribution in [-0.2, 0) is 24.0 Å². The molecule has 4 N–H and O–H groups in total. The van der Waals surface area contributed by atoms with Gasteiger partial charge in [-0.05, 0) is 77.0 Å². The second kappa shape index (κ2) is 20.2. The van der Waals surface area contributed by atoms with E-state index in [1.54, 1.807) is 6.92 Å². The topological polar surface area (TPSA) is 166 Å². The minimum absolute atomic E-state index is 0.140. The van der Waals surface area contributed by atoms with Crippen molar-refractivity contribution < 1.29 is 44.4 Å². The minimum Gasteiger partial charge on any atom is -0.393 e. The number of aliphatic hydroxyl groups is 4. The lowest BCUT2D eigenvalue weighted by molar-refractivity contribution is -0.128. The summed E-state index contributed by atoms with van der Waals surface area (Å²) in [4.78, 5) is 52.7. The first-order valence-corrected chi connectivity index (χ1v) is 15.6.